The predicted octanol–water partition coefficient (Wildman–Crippen LogP) is 3.14. The lowest BCUT2D eigenvalue weighted by Gasteiger charge is -2.13. The van der Waals surface area contributed by atoms with Gasteiger partial charge in [0.1, 0.15) is 11.5 Å². The molecule has 0 saturated carbocycles. The highest BCUT2D eigenvalue weighted by Crippen LogP contribution is 2.17. The van der Waals surface area contributed by atoms with Crippen LogP contribution in [0.15, 0.2) is 64.2 Å². The van der Waals surface area contributed by atoms with E-state index in [-0.39, 0.29) is 0 Å². The van der Waals surface area contributed by atoms with E-state index in [9.17, 15) is 0 Å². The maximum atomic E-state index is 5.37. The predicted molar refractivity (Wildman–Crippen MR) is 97.4 cm³/mol. The van der Waals surface area contributed by atoms with Crippen LogP contribution in [0.5, 0.6) is 5.75 Å². The van der Waals surface area contributed by atoms with Gasteiger partial charge in [0, 0.05) is 25.1 Å². The largest absolute Gasteiger partial charge is 0.496 e. The third-order valence-corrected chi connectivity index (χ3v) is 3.40. The molecule has 0 atom stereocenters. The minimum Gasteiger partial charge on any atom is -0.496 e. The molecule has 24 heavy (non-hydrogen) atoms. The van der Waals surface area contributed by atoms with E-state index in [1.807, 2.05) is 43.3 Å². The zero-order valence-corrected chi connectivity index (χ0v) is 14.3. The van der Waals surface area contributed by atoms with Crippen LogP contribution in [0.2, 0.25) is 0 Å². The number of para-hydroxylation sites is 1. The number of furan rings is 1. The van der Waals surface area contributed by atoms with Crippen LogP contribution in [0, 0.1) is 0 Å². The lowest BCUT2D eigenvalue weighted by Crippen LogP contribution is -2.39. The zero-order valence-electron chi connectivity index (χ0n) is 14.3. The van der Waals surface area contributed by atoms with Crippen LogP contribution in [0.3, 0.4) is 0 Å². The molecule has 1 heterocycles. The molecule has 5 nitrogen and oxygen atoms in total. The molecule has 2 N–H and O–H groups in total. The van der Waals surface area contributed by atoms with Crippen molar-refractivity contribution in [2.24, 2.45) is 4.99 Å². The van der Waals surface area contributed by atoms with E-state index >= 15 is 0 Å². The maximum Gasteiger partial charge on any atom is 0.191 e. The monoisotopic (exact) mass is 327 g/mol. The van der Waals surface area contributed by atoms with Gasteiger partial charge in [0.15, 0.2) is 5.96 Å². The first-order chi connectivity index (χ1) is 11.7. The molecule has 128 valence electrons. The van der Waals surface area contributed by atoms with Gasteiger partial charge >= 0.3 is 0 Å². The summed E-state index contributed by atoms with van der Waals surface area (Å²) in [5.74, 6) is 2.54. The molecule has 0 aliphatic rings. The summed E-state index contributed by atoms with van der Waals surface area (Å²) in [5, 5.41) is 6.59. The second-order valence-corrected chi connectivity index (χ2v) is 5.54. The Hall–Kier alpha value is -2.69. The minimum absolute atomic E-state index is 0.538. The molecule has 1 aromatic heterocycles. The zero-order chi connectivity index (χ0) is 17.2. The highest BCUT2D eigenvalue weighted by Gasteiger charge is 2.03. The van der Waals surface area contributed by atoms with Gasteiger partial charge in [-0.05, 0) is 25.1 Å². The van der Waals surface area contributed by atoms with Crippen molar-refractivity contribution in [1.82, 2.24) is 10.6 Å². The Morgan fingerprint density at radius 3 is 2.75 bits per heavy atom. The summed E-state index contributed by atoms with van der Waals surface area (Å²) in [6.07, 6.45) is 2.49. The number of nitrogens with one attached hydrogen (secondary N) is 2. The van der Waals surface area contributed by atoms with Crippen molar-refractivity contribution in [2.45, 2.75) is 19.9 Å². The fraction of sp³-hybridized carbons (Fsp3) is 0.316. The number of rotatable bonds is 8. The molecule has 0 aliphatic carbocycles. The summed E-state index contributed by atoms with van der Waals surface area (Å²) in [4.78, 5) is 4.64. The third kappa shape index (κ3) is 5.83. The van der Waals surface area contributed by atoms with Gasteiger partial charge in [0.05, 0.1) is 19.9 Å². The van der Waals surface area contributed by atoms with E-state index in [0.717, 1.165) is 41.6 Å². The molecule has 0 unspecified atom stereocenters. The molecule has 0 fully saturated rings. The lowest BCUT2D eigenvalue weighted by atomic mass is 10.2. The van der Waals surface area contributed by atoms with Gasteiger partial charge in [0.25, 0.3) is 0 Å². The smallest absolute Gasteiger partial charge is 0.191 e. The summed E-state index contributed by atoms with van der Waals surface area (Å²) < 4.78 is 10.7. The van der Waals surface area contributed by atoms with Gasteiger partial charge in [-0.15, -0.1) is 0 Å². The first kappa shape index (κ1) is 17.7. The highest BCUT2D eigenvalue weighted by atomic mass is 16.5. The van der Waals surface area contributed by atoms with E-state index in [4.69, 9.17) is 9.15 Å². The lowest BCUT2D eigenvalue weighted by molar-refractivity contribution is 0.410. The van der Waals surface area contributed by atoms with Gasteiger partial charge in [-0.2, -0.15) is 0 Å². The first-order valence-corrected chi connectivity index (χ1v) is 8.00. The molecule has 0 saturated heterocycles. The number of guanidine groups is 1. The Morgan fingerprint density at radius 2 is 2.04 bits per heavy atom. The van der Waals surface area contributed by atoms with Crippen molar-refractivity contribution in [3.8, 4) is 5.75 Å². The van der Waals surface area contributed by atoms with Crippen LogP contribution in [0.25, 0.3) is 0 Å². The van der Waals surface area contributed by atoms with Gasteiger partial charge in [-0.1, -0.05) is 30.4 Å². The van der Waals surface area contributed by atoms with Crippen LogP contribution in [0.1, 0.15) is 18.2 Å². The average molecular weight is 327 g/mol. The van der Waals surface area contributed by atoms with E-state index in [1.165, 1.54) is 0 Å². The molecule has 0 amide bonds. The Kier molecular flexibility index (Phi) is 6.95. The summed E-state index contributed by atoms with van der Waals surface area (Å²) >= 11 is 0. The third-order valence-electron chi connectivity index (χ3n) is 3.40. The summed E-state index contributed by atoms with van der Waals surface area (Å²) in [6.45, 7) is 7.85. The standard InChI is InChI=1S/C19H25N3O2/c1-15(2)13-21-19(20-11-10-17-8-6-12-24-17)22-14-16-7-4-5-9-18(16)23-3/h4-9,12H,1,10-11,13-14H2,2-3H3,(H2,20,21,22). The first-order valence-electron chi connectivity index (χ1n) is 8.00. The van der Waals surface area contributed by atoms with E-state index in [0.29, 0.717) is 13.1 Å². The van der Waals surface area contributed by atoms with E-state index in [1.54, 1.807) is 13.4 Å². The maximum absolute atomic E-state index is 5.37. The highest BCUT2D eigenvalue weighted by molar-refractivity contribution is 5.80. The number of methoxy groups -OCH3 is 1. The molecule has 5 heteroatoms. The van der Waals surface area contributed by atoms with E-state index < -0.39 is 0 Å². The molecule has 2 aromatic rings. The van der Waals surface area contributed by atoms with Crippen molar-refractivity contribution in [1.29, 1.82) is 0 Å². The minimum atomic E-state index is 0.538. The van der Waals surface area contributed by atoms with Crippen LogP contribution >= 0.6 is 0 Å². The van der Waals surface area contributed by atoms with Gasteiger partial charge in [0.2, 0.25) is 0 Å². The summed E-state index contributed by atoms with van der Waals surface area (Å²) in [6, 6.07) is 11.8. The number of nitrogens with zero attached hydrogens (tertiary/aromatic N) is 1. The molecular weight excluding hydrogens is 302 g/mol. The second kappa shape index (κ2) is 9.45. The molecule has 0 bridgehead atoms. The Bertz CT molecular complexity index is 663. The molecule has 0 aliphatic heterocycles. The Morgan fingerprint density at radius 1 is 1.21 bits per heavy atom. The average Bonchev–Trinajstić information content (AvgIpc) is 3.10. The van der Waals surface area contributed by atoms with Crippen LogP contribution < -0.4 is 15.4 Å². The van der Waals surface area contributed by atoms with Crippen molar-refractivity contribution in [3.05, 3.63) is 66.1 Å². The Labute approximate surface area is 143 Å². The summed E-state index contributed by atoms with van der Waals surface area (Å²) in [5.41, 5.74) is 2.09. The number of hydrogen-bond donors (Lipinski definition) is 2. The number of benzene rings is 1. The van der Waals surface area contributed by atoms with Crippen molar-refractivity contribution < 1.29 is 9.15 Å². The Balaban J connectivity index is 1.96. The SMILES string of the molecule is C=C(C)CNC(=NCc1ccccc1OC)NCCc1ccco1. The van der Waals surface area contributed by atoms with Crippen molar-refractivity contribution >= 4 is 5.96 Å². The van der Waals surface area contributed by atoms with Gasteiger partial charge < -0.3 is 19.8 Å². The second-order valence-electron chi connectivity index (χ2n) is 5.54. The fourth-order valence-corrected chi connectivity index (χ4v) is 2.17. The number of hydrogen-bond acceptors (Lipinski definition) is 3. The summed E-state index contributed by atoms with van der Waals surface area (Å²) in [7, 11) is 1.67. The van der Waals surface area contributed by atoms with Crippen LogP contribution in [-0.2, 0) is 13.0 Å². The number of ether oxygens (including phenoxy) is 1. The number of aliphatic imine (C=N–C) groups is 1. The fourth-order valence-electron chi connectivity index (χ4n) is 2.17. The molecular formula is C19H25N3O2. The van der Waals surface area contributed by atoms with E-state index in [2.05, 4.69) is 22.2 Å². The normalized spacial score (nSPS) is 11.2. The molecule has 0 radical (unpaired) electrons. The van der Waals surface area contributed by atoms with Crippen LogP contribution in [-0.4, -0.2) is 26.2 Å². The van der Waals surface area contributed by atoms with Crippen molar-refractivity contribution in [2.75, 3.05) is 20.2 Å². The molecule has 1 aromatic carbocycles. The quantitative estimate of drug-likeness (QED) is 0.444. The van der Waals surface area contributed by atoms with Crippen LogP contribution in [0.4, 0.5) is 0 Å². The molecule has 2 rings (SSSR count). The topological polar surface area (TPSA) is 58.8 Å². The van der Waals surface area contributed by atoms with Crippen molar-refractivity contribution in [3.63, 3.8) is 0 Å². The van der Waals surface area contributed by atoms with Gasteiger partial charge in [-0.3, -0.25) is 0 Å². The van der Waals surface area contributed by atoms with Gasteiger partial charge in [-0.25, -0.2) is 4.99 Å². The molecule has 0 spiro atoms.